The topological polar surface area (TPSA) is 76.3 Å². The van der Waals surface area contributed by atoms with E-state index in [-0.39, 0.29) is 17.9 Å². The molecule has 0 aliphatic carbocycles. The van der Waals surface area contributed by atoms with E-state index in [1.807, 2.05) is 37.3 Å². The zero-order chi connectivity index (χ0) is 21.1. The lowest BCUT2D eigenvalue weighted by atomic mass is 10.0. The van der Waals surface area contributed by atoms with E-state index in [1.165, 1.54) is 52.7 Å². The van der Waals surface area contributed by atoms with Crippen LogP contribution in [0.1, 0.15) is 10.4 Å². The van der Waals surface area contributed by atoms with Crippen molar-refractivity contribution in [3.8, 4) is 11.1 Å². The van der Waals surface area contributed by atoms with Crippen molar-refractivity contribution in [3.05, 3.63) is 87.5 Å². The Morgan fingerprint density at radius 2 is 1.93 bits per heavy atom. The molecule has 150 valence electrons. The molecule has 0 aliphatic rings. The van der Waals surface area contributed by atoms with E-state index in [0.29, 0.717) is 15.8 Å². The first kappa shape index (κ1) is 19.7. The second-order valence-corrected chi connectivity index (χ2v) is 7.80. The number of nitrogens with one attached hydrogen (secondary N) is 1. The van der Waals surface area contributed by atoms with E-state index in [0.717, 1.165) is 16.0 Å². The number of benzene rings is 2. The number of halogens is 1. The van der Waals surface area contributed by atoms with E-state index in [1.54, 1.807) is 0 Å². The molecule has 1 amide bonds. The molecule has 0 unspecified atom stereocenters. The summed E-state index contributed by atoms with van der Waals surface area (Å²) in [6.07, 6.45) is 2.77. The minimum absolute atomic E-state index is 0.217. The average Bonchev–Trinajstić information content (AvgIpc) is 3.09. The van der Waals surface area contributed by atoms with Crippen molar-refractivity contribution in [3.63, 3.8) is 0 Å². The van der Waals surface area contributed by atoms with Gasteiger partial charge < -0.3 is 0 Å². The molecule has 0 aliphatic heterocycles. The molecule has 2 heterocycles. The smallest absolute Gasteiger partial charge is 0.263 e. The predicted molar refractivity (Wildman–Crippen MR) is 116 cm³/mol. The number of nitrogens with zero attached hydrogens (tertiary/aromatic N) is 3. The van der Waals surface area contributed by atoms with E-state index in [2.05, 4.69) is 15.5 Å². The summed E-state index contributed by atoms with van der Waals surface area (Å²) in [7, 11) is 0. The summed E-state index contributed by atoms with van der Waals surface area (Å²) in [5, 5.41) is 4.36. The van der Waals surface area contributed by atoms with Gasteiger partial charge in [0, 0.05) is 10.4 Å². The highest BCUT2D eigenvalue weighted by Crippen LogP contribution is 2.35. The molecule has 30 heavy (non-hydrogen) atoms. The third kappa shape index (κ3) is 4.04. The lowest BCUT2D eigenvalue weighted by molar-refractivity contribution is -0.121. The van der Waals surface area contributed by atoms with Gasteiger partial charge in [-0.05, 0) is 30.2 Å². The molecule has 1 N–H and O–H groups in total. The fraction of sp³-hybridized carbons (Fsp3) is 0.0909. The Balaban J connectivity index is 1.57. The molecule has 0 fully saturated rings. The van der Waals surface area contributed by atoms with Gasteiger partial charge >= 0.3 is 0 Å². The van der Waals surface area contributed by atoms with Crippen LogP contribution in [-0.4, -0.2) is 21.7 Å². The van der Waals surface area contributed by atoms with Gasteiger partial charge in [0.25, 0.3) is 11.5 Å². The highest BCUT2D eigenvalue weighted by molar-refractivity contribution is 7.19. The molecule has 0 radical (unpaired) electrons. The molecule has 0 atom stereocenters. The van der Waals surface area contributed by atoms with Gasteiger partial charge in [-0.3, -0.25) is 14.2 Å². The number of hydrogen-bond acceptors (Lipinski definition) is 5. The molecule has 4 aromatic rings. The largest absolute Gasteiger partial charge is 0.289 e. The summed E-state index contributed by atoms with van der Waals surface area (Å²) in [6, 6.07) is 15.3. The number of fused-ring (bicyclic) bond motifs is 1. The fourth-order valence-electron chi connectivity index (χ4n) is 3.12. The highest BCUT2D eigenvalue weighted by atomic mass is 32.1. The Kier molecular flexibility index (Phi) is 5.49. The average molecular weight is 420 g/mol. The number of thiophene rings is 1. The Bertz CT molecular complexity index is 1290. The molecule has 2 aromatic heterocycles. The summed E-state index contributed by atoms with van der Waals surface area (Å²) in [5.74, 6) is -0.818. The van der Waals surface area contributed by atoms with Crippen LogP contribution in [0.5, 0.6) is 0 Å². The minimum atomic E-state index is -0.468. The van der Waals surface area contributed by atoms with Crippen LogP contribution in [0.15, 0.2) is 70.8 Å². The number of carbonyl (C=O) groups is 1. The van der Waals surface area contributed by atoms with Crippen molar-refractivity contribution >= 4 is 33.7 Å². The molecule has 6 nitrogen and oxygen atoms in total. The van der Waals surface area contributed by atoms with E-state index < -0.39 is 5.91 Å². The summed E-state index contributed by atoms with van der Waals surface area (Å²) < 4.78 is 14.2. The van der Waals surface area contributed by atoms with E-state index >= 15 is 0 Å². The molecule has 2 aromatic carbocycles. The first-order valence-electron chi connectivity index (χ1n) is 9.14. The molecule has 8 heteroatoms. The van der Waals surface area contributed by atoms with Crippen molar-refractivity contribution in [2.75, 3.05) is 0 Å². The van der Waals surface area contributed by atoms with E-state index in [4.69, 9.17) is 0 Å². The molecule has 0 saturated carbocycles. The van der Waals surface area contributed by atoms with Gasteiger partial charge in [-0.1, -0.05) is 42.5 Å². The minimum Gasteiger partial charge on any atom is -0.289 e. The molecular formula is C22H17FN4O2S. The summed E-state index contributed by atoms with van der Waals surface area (Å²) in [4.78, 5) is 31.3. The van der Waals surface area contributed by atoms with Gasteiger partial charge in [0.05, 0.1) is 17.9 Å². The van der Waals surface area contributed by atoms with Crippen LogP contribution in [0.3, 0.4) is 0 Å². The van der Waals surface area contributed by atoms with Gasteiger partial charge in [0.2, 0.25) is 0 Å². The van der Waals surface area contributed by atoms with Crippen molar-refractivity contribution < 1.29 is 9.18 Å². The number of aromatic nitrogens is 2. The van der Waals surface area contributed by atoms with Gasteiger partial charge in [0.15, 0.2) is 0 Å². The maximum Gasteiger partial charge on any atom is 0.263 e. The summed E-state index contributed by atoms with van der Waals surface area (Å²) >= 11 is 1.45. The van der Waals surface area contributed by atoms with Gasteiger partial charge in [-0.25, -0.2) is 14.8 Å². The SMILES string of the molecule is Cc1sc2ncn(CC(=O)NN=Cc3ccc(F)cc3)c(=O)c2c1-c1ccccc1. The van der Waals surface area contributed by atoms with Crippen LogP contribution in [0.25, 0.3) is 21.3 Å². The van der Waals surface area contributed by atoms with Gasteiger partial charge in [0.1, 0.15) is 17.2 Å². The number of rotatable bonds is 5. The zero-order valence-electron chi connectivity index (χ0n) is 16.0. The second kappa shape index (κ2) is 8.38. The first-order chi connectivity index (χ1) is 14.5. The number of aryl methyl sites for hydroxylation is 1. The van der Waals surface area contributed by atoms with Crippen LogP contribution in [0.2, 0.25) is 0 Å². The predicted octanol–water partition coefficient (Wildman–Crippen LogP) is 3.72. The van der Waals surface area contributed by atoms with Crippen molar-refractivity contribution in [1.82, 2.24) is 15.0 Å². The number of hydrazone groups is 1. The normalized spacial score (nSPS) is 11.3. The third-order valence-electron chi connectivity index (χ3n) is 4.50. The lowest BCUT2D eigenvalue weighted by Crippen LogP contribution is -2.30. The lowest BCUT2D eigenvalue weighted by Gasteiger charge is -2.06. The van der Waals surface area contributed by atoms with Gasteiger partial charge in [-0.15, -0.1) is 11.3 Å². The van der Waals surface area contributed by atoms with E-state index in [9.17, 15) is 14.0 Å². The maximum absolute atomic E-state index is 13.1. The Morgan fingerprint density at radius 1 is 1.20 bits per heavy atom. The summed E-state index contributed by atoms with van der Waals surface area (Å²) in [6.45, 7) is 1.74. The van der Waals surface area contributed by atoms with Crippen LogP contribution in [0, 0.1) is 12.7 Å². The fourth-order valence-corrected chi connectivity index (χ4v) is 4.12. The van der Waals surface area contributed by atoms with Gasteiger partial charge in [-0.2, -0.15) is 5.10 Å². The van der Waals surface area contributed by atoms with Crippen LogP contribution in [0.4, 0.5) is 4.39 Å². The van der Waals surface area contributed by atoms with Crippen LogP contribution >= 0.6 is 11.3 Å². The van der Waals surface area contributed by atoms with Crippen molar-refractivity contribution in [1.29, 1.82) is 0 Å². The first-order valence-corrected chi connectivity index (χ1v) is 9.96. The van der Waals surface area contributed by atoms with Crippen molar-refractivity contribution in [2.24, 2.45) is 5.10 Å². The molecule has 0 saturated heterocycles. The maximum atomic E-state index is 13.1. The highest BCUT2D eigenvalue weighted by Gasteiger charge is 2.17. The van der Waals surface area contributed by atoms with Crippen LogP contribution in [-0.2, 0) is 11.3 Å². The molecule has 0 spiro atoms. The summed E-state index contributed by atoms with van der Waals surface area (Å²) in [5.41, 5.74) is 4.51. The molecule has 4 rings (SSSR count). The number of carbonyl (C=O) groups excluding carboxylic acids is 1. The monoisotopic (exact) mass is 420 g/mol. The third-order valence-corrected chi connectivity index (χ3v) is 5.52. The van der Waals surface area contributed by atoms with Crippen molar-refractivity contribution in [2.45, 2.75) is 13.5 Å². The Labute approximate surface area is 175 Å². The standard InChI is InChI=1S/C22H17FN4O2S/c1-14-19(16-5-3-2-4-6-16)20-21(30-14)24-13-27(22(20)29)12-18(28)26-25-11-15-7-9-17(23)10-8-15/h2-11,13H,12H2,1H3,(H,26,28). The molecular weight excluding hydrogens is 403 g/mol. The zero-order valence-corrected chi connectivity index (χ0v) is 16.8. The Morgan fingerprint density at radius 3 is 2.67 bits per heavy atom. The second-order valence-electron chi connectivity index (χ2n) is 6.60. The van der Waals surface area contributed by atoms with Crippen LogP contribution < -0.4 is 11.0 Å². The number of amides is 1. The molecule has 0 bridgehead atoms. The number of hydrogen-bond donors (Lipinski definition) is 1. The quantitative estimate of drug-likeness (QED) is 0.395. The Hall–Kier alpha value is -3.65.